The molecule has 2 amide bonds. The molecule has 0 saturated heterocycles. The summed E-state index contributed by atoms with van der Waals surface area (Å²) in [6.07, 6.45) is 1.65. The highest BCUT2D eigenvalue weighted by atomic mass is 16.2. The van der Waals surface area contributed by atoms with Crippen LogP contribution in [-0.2, 0) is 22.6 Å². The first-order chi connectivity index (χ1) is 13.8. The maximum atomic E-state index is 13.2. The molecule has 0 spiro atoms. The standard InChI is InChI=1S/C25H34N2O2/c1-6-23(25(29)26-18(2)3)27(17-22-10-8-7-9-20(22)5)24(28)16-15-21-13-11-19(4)12-14-21/h7-14,18,23H,6,15-17H2,1-5H3,(H,26,29)/t23-/m0/s1. The molecule has 2 aromatic carbocycles. The normalized spacial score (nSPS) is 11.9. The molecule has 0 aliphatic carbocycles. The first-order valence-electron chi connectivity index (χ1n) is 10.5. The molecule has 2 aromatic rings. The number of aryl methyl sites for hydroxylation is 3. The number of benzene rings is 2. The molecule has 0 aliphatic heterocycles. The molecule has 0 radical (unpaired) electrons. The van der Waals surface area contributed by atoms with E-state index in [4.69, 9.17) is 0 Å². The molecular formula is C25H34N2O2. The summed E-state index contributed by atoms with van der Waals surface area (Å²) in [6.45, 7) is 10.4. The van der Waals surface area contributed by atoms with Crippen LogP contribution in [0.5, 0.6) is 0 Å². The minimum absolute atomic E-state index is 0.0135. The van der Waals surface area contributed by atoms with Gasteiger partial charge in [0, 0.05) is 19.0 Å². The Morgan fingerprint density at radius 1 is 1.00 bits per heavy atom. The number of carbonyl (C=O) groups excluding carboxylic acids is 2. The third kappa shape index (κ3) is 6.74. The lowest BCUT2D eigenvalue weighted by Gasteiger charge is -2.31. The van der Waals surface area contributed by atoms with Crippen LogP contribution in [0.25, 0.3) is 0 Å². The van der Waals surface area contributed by atoms with E-state index in [1.807, 2.05) is 52.0 Å². The zero-order chi connectivity index (χ0) is 21.4. The van der Waals surface area contributed by atoms with Gasteiger partial charge in [-0.3, -0.25) is 9.59 Å². The monoisotopic (exact) mass is 394 g/mol. The summed E-state index contributed by atoms with van der Waals surface area (Å²) < 4.78 is 0. The van der Waals surface area contributed by atoms with Crippen LogP contribution in [0.1, 0.15) is 55.9 Å². The van der Waals surface area contributed by atoms with Crippen molar-refractivity contribution in [3.63, 3.8) is 0 Å². The minimum atomic E-state index is -0.470. The lowest BCUT2D eigenvalue weighted by molar-refractivity contribution is -0.141. The van der Waals surface area contributed by atoms with E-state index in [9.17, 15) is 9.59 Å². The highest BCUT2D eigenvalue weighted by Gasteiger charge is 2.28. The number of nitrogens with one attached hydrogen (secondary N) is 1. The Kier molecular flexibility index (Phi) is 8.44. The van der Waals surface area contributed by atoms with E-state index in [2.05, 4.69) is 36.5 Å². The van der Waals surface area contributed by atoms with Crippen molar-refractivity contribution in [2.75, 3.05) is 0 Å². The summed E-state index contributed by atoms with van der Waals surface area (Å²) in [5, 5.41) is 2.98. The summed E-state index contributed by atoms with van der Waals surface area (Å²) in [4.78, 5) is 27.8. The number of hydrogen-bond donors (Lipinski definition) is 1. The van der Waals surface area contributed by atoms with Crippen LogP contribution in [0.3, 0.4) is 0 Å². The average Bonchev–Trinajstić information content (AvgIpc) is 2.68. The van der Waals surface area contributed by atoms with Gasteiger partial charge in [0.25, 0.3) is 0 Å². The summed E-state index contributed by atoms with van der Waals surface area (Å²) >= 11 is 0. The largest absolute Gasteiger partial charge is 0.352 e. The van der Waals surface area contributed by atoms with Crippen LogP contribution in [0.2, 0.25) is 0 Å². The van der Waals surface area contributed by atoms with Crippen LogP contribution in [0, 0.1) is 13.8 Å². The lowest BCUT2D eigenvalue weighted by Crippen LogP contribution is -2.50. The van der Waals surface area contributed by atoms with E-state index >= 15 is 0 Å². The quantitative estimate of drug-likeness (QED) is 0.677. The molecule has 0 aromatic heterocycles. The van der Waals surface area contributed by atoms with Crippen LogP contribution in [0.4, 0.5) is 0 Å². The molecule has 29 heavy (non-hydrogen) atoms. The molecule has 0 heterocycles. The summed E-state index contributed by atoms with van der Waals surface area (Å²) in [7, 11) is 0. The van der Waals surface area contributed by atoms with Gasteiger partial charge in [-0.15, -0.1) is 0 Å². The minimum Gasteiger partial charge on any atom is -0.352 e. The van der Waals surface area contributed by atoms with E-state index in [0.717, 1.165) is 16.7 Å². The molecule has 0 fully saturated rings. The molecule has 2 rings (SSSR count). The predicted molar refractivity (Wildman–Crippen MR) is 119 cm³/mol. The molecular weight excluding hydrogens is 360 g/mol. The van der Waals surface area contributed by atoms with E-state index in [-0.39, 0.29) is 17.9 Å². The highest BCUT2D eigenvalue weighted by Crippen LogP contribution is 2.17. The average molecular weight is 395 g/mol. The molecule has 1 N–H and O–H groups in total. The zero-order valence-electron chi connectivity index (χ0n) is 18.4. The second-order valence-corrected chi connectivity index (χ2v) is 8.02. The number of rotatable bonds is 9. The fourth-order valence-electron chi connectivity index (χ4n) is 3.42. The fourth-order valence-corrected chi connectivity index (χ4v) is 3.42. The maximum Gasteiger partial charge on any atom is 0.243 e. The first-order valence-corrected chi connectivity index (χ1v) is 10.5. The van der Waals surface area contributed by atoms with E-state index < -0.39 is 6.04 Å². The number of hydrogen-bond acceptors (Lipinski definition) is 2. The Labute approximate surface area is 175 Å². The zero-order valence-corrected chi connectivity index (χ0v) is 18.4. The van der Waals surface area contributed by atoms with Crippen LogP contribution in [0.15, 0.2) is 48.5 Å². The highest BCUT2D eigenvalue weighted by molar-refractivity contribution is 5.87. The molecule has 1 atom stereocenters. The second-order valence-electron chi connectivity index (χ2n) is 8.02. The first kappa shape index (κ1) is 22.7. The topological polar surface area (TPSA) is 49.4 Å². The van der Waals surface area contributed by atoms with Gasteiger partial charge in [-0.25, -0.2) is 0 Å². The Hall–Kier alpha value is -2.62. The Morgan fingerprint density at radius 3 is 2.24 bits per heavy atom. The molecule has 0 bridgehead atoms. The van der Waals surface area contributed by atoms with Crippen LogP contribution < -0.4 is 5.32 Å². The molecule has 0 unspecified atom stereocenters. The SMILES string of the molecule is CC[C@@H](C(=O)NC(C)C)N(Cc1ccccc1C)C(=O)CCc1ccc(C)cc1. The van der Waals surface area contributed by atoms with Gasteiger partial charge >= 0.3 is 0 Å². The summed E-state index contributed by atoms with van der Waals surface area (Å²) in [6, 6.07) is 15.9. The van der Waals surface area contributed by atoms with Gasteiger partial charge < -0.3 is 10.2 Å². The smallest absolute Gasteiger partial charge is 0.243 e. The maximum absolute atomic E-state index is 13.2. The molecule has 0 saturated carbocycles. The number of carbonyl (C=O) groups is 2. The predicted octanol–water partition coefficient (Wildman–Crippen LogP) is 4.57. The molecule has 156 valence electrons. The van der Waals surface area contributed by atoms with E-state index in [1.54, 1.807) is 4.90 Å². The van der Waals surface area contributed by atoms with Crippen molar-refractivity contribution in [3.05, 3.63) is 70.8 Å². The van der Waals surface area contributed by atoms with E-state index in [1.165, 1.54) is 5.56 Å². The van der Waals surface area contributed by atoms with Crippen molar-refractivity contribution in [1.82, 2.24) is 10.2 Å². The Bertz CT molecular complexity index is 812. The van der Waals surface area contributed by atoms with Crippen molar-refractivity contribution in [1.29, 1.82) is 0 Å². The molecule has 4 heteroatoms. The molecule has 0 aliphatic rings. The second kappa shape index (κ2) is 10.8. The Morgan fingerprint density at radius 2 is 1.66 bits per heavy atom. The lowest BCUT2D eigenvalue weighted by atomic mass is 10.0. The van der Waals surface area contributed by atoms with Gasteiger partial charge in [-0.1, -0.05) is 61.0 Å². The third-order valence-corrected chi connectivity index (χ3v) is 5.17. The van der Waals surface area contributed by atoms with Gasteiger partial charge in [0.15, 0.2) is 0 Å². The number of amides is 2. The third-order valence-electron chi connectivity index (χ3n) is 5.17. The van der Waals surface area contributed by atoms with Gasteiger partial charge in [-0.05, 0) is 57.2 Å². The molecule has 4 nitrogen and oxygen atoms in total. The van der Waals surface area contributed by atoms with Crippen molar-refractivity contribution in [2.24, 2.45) is 0 Å². The van der Waals surface area contributed by atoms with E-state index in [0.29, 0.717) is 25.8 Å². The van der Waals surface area contributed by atoms with Gasteiger partial charge in [-0.2, -0.15) is 0 Å². The van der Waals surface area contributed by atoms with Crippen LogP contribution in [-0.4, -0.2) is 28.8 Å². The van der Waals surface area contributed by atoms with Gasteiger partial charge in [0.05, 0.1) is 0 Å². The van der Waals surface area contributed by atoms with Crippen molar-refractivity contribution >= 4 is 11.8 Å². The van der Waals surface area contributed by atoms with Crippen LogP contribution >= 0.6 is 0 Å². The van der Waals surface area contributed by atoms with Crippen molar-refractivity contribution in [3.8, 4) is 0 Å². The van der Waals surface area contributed by atoms with Crippen molar-refractivity contribution < 1.29 is 9.59 Å². The number of nitrogens with zero attached hydrogens (tertiary/aromatic N) is 1. The van der Waals surface area contributed by atoms with Crippen molar-refractivity contribution in [2.45, 2.75) is 72.5 Å². The summed E-state index contributed by atoms with van der Waals surface area (Å²) in [5.41, 5.74) is 4.55. The summed E-state index contributed by atoms with van der Waals surface area (Å²) in [5.74, 6) is -0.0700. The van der Waals surface area contributed by atoms with Gasteiger partial charge in [0.2, 0.25) is 11.8 Å². The van der Waals surface area contributed by atoms with Gasteiger partial charge in [0.1, 0.15) is 6.04 Å². The Balaban J connectivity index is 2.21. The fraction of sp³-hybridized carbons (Fsp3) is 0.440.